The second kappa shape index (κ2) is 16.2. The zero-order valence-corrected chi connectivity index (χ0v) is 36.1. The Morgan fingerprint density at radius 2 is 1.76 bits per heavy atom. The molecule has 2 aromatic carbocycles. The Hall–Kier alpha value is -5.91. The number of hydrogen-bond acceptors (Lipinski definition) is 9. The SMILES string of the molecule is Cn1nc(NS(C)(=O)=O)c2c(Cl)ccc(-n3c([C@H](Cc4cc(F)cc(F)c4)NC(=O)Cn4nc(C(F)F)c5c4C(F)(F)[C@@H]4C[C@H]54)nc4nc(N(CCC(F)(F)F)C5CCC5)ccc4c3=O)c21. The van der Waals surface area contributed by atoms with Crippen molar-refractivity contribution in [3.05, 3.63) is 97.8 Å². The number of aromatic nitrogens is 7. The number of pyridine rings is 1. The number of rotatable bonds is 14. The van der Waals surface area contributed by atoms with Crippen LogP contribution in [0.4, 0.5) is 51.1 Å². The van der Waals surface area contributed by atoms with Crippen molar-refractivity contribution in [2.75, 3.05) is 22.4 Å². The molecule has 350 valence electrons. The van der Waals surface area contributed by atoms with Crippen LogP contribution in [0.25, 0.3) is 27.6 Å². The van der Waals surface area contributed by atoms with Crippen molar-refractivity contribution in [1.29, 1.82) is 0 Å². The summed E-state index contributed by atoms with van der Waals surface area (Å²) in [6.07, 6.45) is -6.91. The van der Waals surface area contributed by atoms with E-state index in [4.69, 9.17) is 16.6 Å². The molecule has 0 spiro atoms. The number of halogens is 10. The van der Waals surface area contributed by atoms with Gasteiger partial charge in [-0.15, -0.1) is 0 Å². The molecular weight excluding hydrogens is 935 g/mol. The van der Waals surface area contributed by atoms with Gasteiger partial charge in [0, 0.05) is 43.6 Å². The zero-order valence-electron chi connectivity index (χ0n) is 34.5. The maximum atomic E-state index is 15.6. The van der Waals surface area contributed by atoms with Crippen molar-refractivity contribution < 1.29 is 52.7 Å². The van der Waals surface area contributed by atoms with Gasteiger partial charge in [0.25, 0.3) is 17.9 Å². The minimum Gasteiger partial charge on any atom is -0.353 e. The molecule has 3 aliphatic carbocycles. The van der Waals surface area contributed by atoms with E-state index in [1.807, 2.05) is 0 Å². The molecule has 0 aliphatic heterocycles. The third kappa shape index (κ3) is 8.29. The van der Waals surface area contributed by atoms with Crippen LogP contribution in [0.5, 0.6) is 0 Å². The third-order valence-corrected chi connectivity index (χ3v) is 13.0. The fourth-order valence-electron chi connectivity index (χ4n) is 9.04. The van der Waals surface area contributed by atoms with Gasteiger partial charge in [0.05, 0.1) is 45.7 Å². The summed E-state index contributed by atoms with van der Waals surface area (Å²) in [5.41, 5.74) is -3.57. The monoisotopic (exact) mass is 970 g/mol. The largest absolute Gasteiger partial charge is 0.390 e. The van der Waals surface area contributed by atoms with E-state index in [2.05, 4.69) is 25.2 Å². The molecule has 9 rings (SSSR count). The number of fused-ring (bicyclic) bond motifs is 5. The highest BCUT2D eigenvalue weighted by atomic mass is 35.5. The van der Waals surface area contributed by atoms with E-state index in [0.717, 1.165) is 29.4 Å². The molecule has 66 heavy (non-hydrogen) atoms. The predicted molar refractivity (Wildman–Crippen MR) is 221 cm³/mol. The molecule has 1 amide bonds. The number of amides is 1. The molecule has 14 nitrogen and oxygen atoms in total. The van der Waals surface area contributed by atoms with Crippen LogP contribution in [0.3, 0.4) is 0 Å². The number of benzene rings is 2. The van der Waals surface area contributed by atoms with Gasteiger partial charge in [-0.2, -0.15) is 32.1 Å². The summed E-state index contributed by atoms with van der Waals surface area (Å²) < 4.78 is 159. The summed E-state index contributed by atoms with van der Waals surface area (Å²) >= 11 is 6.61. The maximum Gasteiger partial charge on any atom is 0.390 e. The highest BCUT2D eigenvalue weighted by Gasteiger charge is 2.67. The first-order chi connectivity index (χ1) is 31.0. The van der Waals surface area contributed by atoms with E-state index < -0.39 is 113 Å². The quantitative estimate of drug-likeness (QED) is 0.104. The van der Waals surface area contributed by atoms with E-state index in [9.17, 15) is 43.9 Å². The topological polar surface area (TPSA) is 162 Å². The van der Waals surface area contributed by atoms with Crippen molar-refractivity contribution in [3.8, 4) is 5.69 Å². The number of alkyl halides is 7. The summed E-state index contributed by atoms with van der Waals surface area (Å²) in [6, 6.07) is 5.65. The number of sulfonamides is 1. The first-order valence-corrected chi connectivity index (χ1v) is 22.7. The maximum absolute atomic E-state index is 15.6. The number of anilines is 2. The van der Waals surface area contributed by atoms with E-state index in [1.165, 1.54) is 40.9 Å². The van der Waals surface area contributed by atoms with Crippen LogP contribution in [0.1, 0.15) is 78.8 Å². The Morgan fingerprint density at radius 3 is 2.39 bits per heavy atom. The molecule has 0 radical (unpaired) electrons. The van der Waals surface area contributed by atoms with Gasteiger partial charge in [0.2, 0.25) is 15.9 Å². The summed E-state index contributed by atoms with van der Waals surface area (Å²) in [5.74, 6) is -9.66. The molecule has 2 fully saturated rings. The fraction of sp³-hybridized carbons (Fsp3) is 0.415. The molecule has 25 heteroatoms. The van der Waals surface area contributed by atoms with E-state index in [1.54, 1.807) is 0 Å². The Labute approximate surface area is 372 Å². The van der Waals surface area contributed by atoms with E-state index >= 15 is 13.6 Å². The van der Waals surface area contributed by atoms with Crippen LogP contribution in [0.2, 0.25) is 5.02 Å². The normalized spacial score (nSPS) is 18.4. The lowest BCUT2D eigenvalue weighted by Gasteiger charge is -2.38. The van der Waals surface area contributed by atoms with Gasteiger partial charge < -0.3 is 10.2 Å². The fourth-order valence-corrected chi connectivity index (χ4v) is 9.78. The molecule has 4 heterocycles. The van der Waals surface area contributed by atoms with Crippen LogP contribution in [-0.2, 0) is 40.8 Å². The van der Waals surface area contributed by atoms with Crippen molar-refractivity contribution in [2.24, 2.45) is 13.0 Å². The van der Waals surface area contributed by atoms with Crippen LogP contribution < -0.4 is 20.5 Å². The molecule has 0 unspecified atom stereocenters. The average Bonchev–Trinajstić information content (AvgIpc) is 3.73. The minimum atomic E-state index is -4.53. The van der Waals surface area contributed by atoms with E-state index in [-0.39, 0.29) is 67.9 Å². The average molecular weight is 971 g/mol. The molecule has 2 N–H and O–H groups in total. The Balaban J connectivity index is 1.25. The highest BCUT2D eigenvalue weighted by Crippen LogP contribution is 2.68. The molecule has 2 saturated carbocycles. The van der Waals surface area contributed by atoms with E-state index in [0.29, 0.717) is 23.6 Å². The predicted octanol–water partition coefficient (Wildman–Crippen LogP) is 7.73. The van der Waals surface area contributed by atoms with Crippen LogP contribution in [-0.4, -0.2) is 73.4 Å². The lowest BCUT2D eigenvalue weighted by molar-refractivity contribution is -0.132. The van der Waals surface area contributed by atoms with Gasteiger partial charge in [-0.1, -0.05) is 11.6 Å². The van der Waals surface area contributed by atoms with Gasteiger partial charge in [-0.3, -0.25) is 28.2 Å². The molecule has 6 aromatic rings. The van der Waals surface area contributed by atoms with Crippen molar-refractivity contribution in [3.63, 3.8) is 0 Å². The van der Waals surface area contributed by atoms with Gasteiger partial charge in [-0.05, 0) is 73.6 Å². The molecule has 3 aliphatic rings. The Bertz CT molecular complexity index is 3120. The van der Waals surface area contributed by atoms with Crippen LogP contribution in [0, 0.1) is 17.6 Å². The smallest absolute Gasteiger partial charge is 0.353 e. The number of carbonyl (C=O) groups excluding carboxylic acids is 1. The lowest BCUT2D eigenvalue weighted by atomic mass is 9.91. The molecule has 4 aromatic heterocycles. The zero-order chi connectivity index (χ0) is 47.4. The van der Waals surface area contributed by atoms with Gasteiger partial charge >= 0.3 is 6.18 Å². The molecule has 3 atom stereocenters. The summed E-state index contributed by atoms with van der Waals surface area (Å²) in [4.78, 5) is 39.9. The molecule has 0 bridgehead atoms. The Kier molecular flexibility index (Phi) is 11.1. The van der Waals surface area contributed by atoms with Crippen LogP contribution >= 0.6 is 11.6 Å². The van der Waals surface area contributed by atoms with Gasteiger partial charge in [0.15, 0.2) is 11.5 Å². The number of nitrogens with one attached hydrogen (secondary N) is 2. The van der Waals surface area contributed by atoms with Crippen LogP contribution in [0.15, 0.2) is 47.3 Å². The van der Waals surface area contributed by atoms with Gasteiger partial charge in [0.1, 0.15) is 41.2 Å². The highest BCUT2D eigenvalue weighted by molar-refractivity contribution is 7.92. The number of carbonyl (C=O) groups is 1. The van der Waals surface area contributed by atoms with Crippen molar-refractivity contribution in [1.82, 2.24) is 39.4 Å². The molecular formula is C41H36ClF9N10O4S. The standard InChI is InChI=1S/C41H36ClF9N10O4S/c1-58-33-27(8-7-25(42)31(33)37(56-58)57-66(2,64)65)61-38(54-36-22(39(61)63)6-9-28(53-36)59(21-4-3-5-21)11-10-40(47,48)49)26(14-18-12-19(43)15-20(44)13-18)52-29(62)17-60-34-30(32(55-60)35(45)46)23-16-24(23)41(34,50)51/h6-9,12-13,15,21,23-24,26,35H,3-5,10-11,14,16-17H2,1-2H3,(H,52,62)(H,56,57)/t23-,24+,26-/m0/s1. The molecule has 0 saturated heterocycles. The van der Waals surface area contributed by atoms with Gasteiger partial charge in [-0.25, -0.2) is 35.9 Å². The second-order valence-electron chi connectivity index (χ2n) is 16.7. The minimum absolute atomic E-state index is 0.0107. The lowest BCUT2D eigenvalue weighted by Crippen LogP contribution is -2.42. The number of nitrogens with zero attached hydrogens (tertiary/aromatic N) is 8. The Morgan fingerprint density at radius 1 is 1.05 bits per heavy atom. The summed E-state index contributed by atoms with van der Waals surface area (Å²) in [5, 5.41) is 10.3. The summed E-state index contributed by atoms with van der Waals surface area (Å²) in [7, 11) is -2.58. The number of hydrogen-bond donors (Lipinski definition) is 2. The second-order valence-corrected chi connectivity index (χ2v) is 18.9. The third-order valence-electron chi connectivity index (χ3n) is 12.1. The first kappa shape index (κ1) is 45.3. The first-order valence-electron chi connectivity index (χ1n) is 20.4. The summed E-state index contributed by atoms with van der Waals surface area (Å²) in [6.45, 7) is -1.56. The van der Waals surface area contributed by atoms with Crippen molar-refractivity contribution >= 4 is 61.1 Å². The van der Waals surface area contributed by atoms with Crippen molar-refractivity contribution in [2.45, 2.75) is 81.6 Å². The number of aryl methyl sites for hydroxylation is 1.